The highest BCUT2D eigenvalue weighted by Crippen LogP contribution is 2.63. The molecule has 0 saturated heterocycles. The van der Waals surface area contributed by atoms with Crippen LogP contribution in [-0.2, 0) is 5.41 Å². The van der Waals surface area contributed by atoms with Crippen LogP contribution in [0.4, 0.5) is 28.4 Å². The molecule has 0 fully saturated rings. The monoisotopic (exact) mass is 792 g/mol. The van der Waals surface area contributed by atoms with Crippen LogP contribution >= 0.6 is 0 Å². The number of nitrogens with zero attached hydrogens (tertiary/aromatic N) is 1. The second kappa shape index (κ2) is 13.0. The van der Waals surface area contributed by atoms with E-state index in [4.69, 9.17) is 4.42 Å². The van der Waals surface area contributed by atoms with Crippen LogP contribution in [0.3, 0.4) is 0 Å². The molecule has 10 aromatic rings. The van der Waals surface area contributed by atoms with E-state index in [1.54, 1.807) is 0 Å². The minimum absolute atomic E-state index is 0.465. The van der Waals surface area contributed by atoms with Crippen LogP contribution in [0.1, 0.15) is 38.9 Å². The fraction of sp³-hybridized carbons (Fsp3) is 0.0690. The Bertz CT molecular complexity index is 3460. The maximum Gasteiger partial charge on any atom is 0.198 e. The molecule has 0 unspecified atom stereocenters. The highest BCUT2D eigenvalue weighted by Gasteiger charge is 2.53. The number of anilines is 5. The van der Waals surface area contributed by atoms with Gasteiger partial charge in [0.15, 0.2) is 7.28 Å². The van der Waals surface area contributed by atoms with Gasteiger partial charge in [-0.3, -0.25) is 0 Å². The standard InChI is InChI=1S/C58H41BN2O/c1-34-26-28-38(29-27-34)60-50-32-43-41-18-6-11-25-53(41)62-54(43)33-42(50)44-30-37(55-35(2)14-12-15-36(55)3)31-52-56(44)59-49-23-13-22-48-57(49)61(52)51-24-10-9-21-47(51)58(48)45-19-7-4-16-39(45)40-17-5-8-20-46(40)58/h4-33,59-60H,1-3H3. The van der Waals surface area contributed by atoms with Gasteiger partial charge in [-0.2, -0.15) is 0 Å². The zero-order valence-electron chi connectivity index (χ0n) is 34.9. The first-order valence-electron chi connectivity index (χ1n) is 21.7. The molecule has 13 rings (SSSR count). The SMILES string of the molecule is Cc1ccc(Nc2cc3c(cc2-c2cc(-c4c(C)cccc4C)cc4c2Bc2cccc5c2N4c2ccccc2C52c4ccccc4-c4ccccc42)oc2ccccc23)cc1. The molecule has 0 saturated carbocycles. The molecule has 0 radical (unpaired) electrons. The van der Waals surface area contributed by atoms with Crippen molar-refractivity contribution in [2.75, 3.05) is 10.2 Å². The van der Waals surface area contributed by atoms with Crippen LogP contribution in [0.25, 0.3) is 55.3 Å². The summed E-state index contributed by atoms with van der Waals surface area (Å²) in [5.41, 5.74) is 26.2. The molecule has 1 spiro atoms. The number of nitrogens with one attached hydrogen (secondary N) is 1. The van der Waals surface area contributed by atoms with Gasteiger partial charge in [0.05, 0.1) is 11.1 Å². The van der Waals surface area contributed by atoms with Gasteiger partial charge in [0.25, 0.3) is 0 Å². The summed E-state index contributed by atoms with van der Waals surface area (Å²) in [5.74, 6) is 0. The molecule has 4 heteroatoms. The molecule has 3 heterocycles. The van der Waals surface area contributed by atoms with E-state index in [9.17, 15) is 0 Å². The van der Waals surface area contributed by atoms with Gasteiger partial charge in [0.2, 0.25) is 0 Å². The van der Waals surface area contributed by atoms with Crippen molar-refractivity contribution in [3.63, 3.8) is 0 Å². The Hall–Kier alpha value is -7.56. The number of aryl methyl sites for hydroxylation is 3. The van der Waals surface area contributed by atoms with Crippen molar-refractivity contribution in [3.8, 4) is 33.4 Å². The Balaban J connectivity index is 1.13. The molecule has 2 aliphatic heterocycles. The highest BCUT2D eigenvalue weighted by molar-refractivity contribution is 6.73. The molecule has 0 amide bonds. The molecule has 1 aliphatic carbocycles. The van der Waals surface area contributed by atoms with Gasteiger partial charge in [-0.15, -0.1) is 0 Å². The molecular formula is C58H41BN2O. The smallest absolute Gasteiger partial charge is 0.198 e. The number of fused-ring (bicyclic) bond motifs is 14. The summed E-state index contributed by atoms with van der Waals surface area (Å²) in [6.07, 6.45) is 0. The van der Waals surface area contributed by atoms with E-state index < -0.39 is 5.41 Å². The molecule has 3 aliphatic rings. The lowest BCUT2D eigenvalue weighted by atomic mass is 9.54. The van der Waals surface area contributed by atoms with Crippen molar-refractivity contribution in [1.29, 1.82) is 0 Å². The van der Waals surface area contributed by atoms with Gasteiger partial charge < -0.3 is 14.6 Å². The van der Waals surface area contributed by atoms with E-state index >= 15 is 0 Å². The van der Waals surface area contributed by atoms with E-state index in [0.29, 0.717) is 0 Å². The first-order valence-corrected chi connectivity index (χ1v) is 21.7. The predicted octanol–water partition coefficient (Wildman–Crippen LogP) is 13.4. The Morgan fingerprint density at radius 2 is 1.16 bits per heavy atom. The summed E-state index contributed by atoms with van der Waals surface area (Å²) >= 11 is 0. The second-order valence-corrected chi connectivity index (χ2v) is 17.5. The molecular weight excluding hydrogens is 751 g/mol. The summed E-state index contributed by atoms with van der Waals surface area (Å²) in [6, 6.07) is 67.7. The molecule has 1 aromatic heterocycles. The van der Waals surface area contributed by atoms with Gasteiger partial charge >= 0.3 is 0 Å². The van der Waals surface area contributed by atoms with E-state index in [-0.39, 0.29) is 0 Å². The first kappa shape index (κ1) is 35.2. The summed E-state index contributed by atoms with van der Waals surface area (Å²) in [4.78, 5) is 2.61. The number of hydrogen-bond donors (Lipinski definition) is 1. The van der Waals surface area contributed by atoms with Crippen LogP contribution in [0, 0.1) is 20.8 Å². The van der Waals surface area contributed by atoms with Crippen molar-refractivity contribution in [3.05, 3.63) is 221 Å². The summed E-state index contributed by atoms with van der Waals surface area (Å²) < 4.78 is 6.68. The summed E-state index contributed by atoms with van der Waals surface area (Å²) in [5, 5.41) is 6.12. The van der Waals surface area contributed by atoms with Crippen LogP contribution in [-0.4, -0.2) is 7.28 Å². The summed E-state index contributed by atoms with van der Waals surface area (Å²) in [7, 11) is 0.779. The maximum atomic E-state index is 6.68. The van der Waals surface area contributed by atoms with Gasteiger partial charge in [-0.1, -0.05) is 144 Å². The quantitative estimate of drug-likeness (QED) is 0.180. The molecule has 9 aromatic carbocycles. The van der Waals surface area contributed by atoms with E-state index in [1.165, 1.54) is 94.7 Å². The molecule has 62 heavy (non-hydrogen) atoms. The average Bonchev–Trinajstić information content (AvgIpc) is 3.81. The minimum Gasteiger partial charge on any atom is -0.456 e. The van der Waals surface area contributed by atoms with Crippen LogP contribution < -0.4 is 21.1 Å². The first-order chi connectivity index (χ1) is 30.5. The number of hydrogen-bond acceptors (Lipinski definition) is 3. The lowest BCUT2D eigenvalue weighted by Gasteiger charge is -2.48. The van der Waals surface area contributed by atoms with Gasteiger partial charge in [-0.05, 0) is 136 Å². The second-order valence-electron chi connectivity index (χ2n) is 17.5. The van der Waals surface area contributed by atoms with E-state index in [2.05, 4.69) is 213 Å². The van der Waals surface area contributed by atoms with Crippen molar-refractivity contribution in [2.45, 2.75) is 26.2 Å². The van der Waals surface area contributed by atoms with Crippen molar-refractivity contribution in [1.82, 2.24) is 0 Å². The normalized spacial score (nSPS) is 13.6. The Kier molecular flexibility index (Phi) is 7.37. The number of furan rings is 1. The maximum absolute atomic E-state index is 6.68. The Morgan fingerprint density at radius 1 is 0.500 bits per heavy atom. The Morgan fingerprint density at radius 3 is 1.94 bits per heavy atom. The fourth-order valence-corrected chi connectivity index (χ4v) is 11.4. The van der Waals surface area contributed by atoms with Gasteiger partial charge in [-0.25, -0.2) is 0 Å². The fourth-order valence-electron chi connectivity index (χ4n) is 11.4. The van der Waals surface area contributed by atoms with Crippen LogP contribution in [0.15, 0.2) is 186 Å². The zero-order valence-corrected chi connectivity index (χ0v) is 34.9. The Labute approximate surface area is 362 Å². The molecule has 1 N–H and O–H groups in total. The van der Waals surface area contributed by atoms with Crippen LogP contribution in [0.5, 0.6) is 0 Å². The topological polar surface area (TPSA) is 28.4 Å². The third kappa shape index (κ3) is 4.78. The molecule has 3 nitrogen and oxygen atoms in total. The number of para-hydroxylation sites is 3. The number of rotatable bonds is 4. The molecule has 0 atom stereocenters. The van der Waals surface area contributed by atoms with Crippen molar-refractivity contribution in [2.24, 2.45) is 0 Å². The van der Waals surface area contributed by atoms with Gasteiger partial charge in [0, 0.05) is 39.1 Å². The average molecular weight is 793 g/mol. The molecule has 292 valence electrons. The zero-order chi connectivity index (χ0) is 41.3. The van der Waals surface area contributed by atoms with Gasteiger partial charge in [0.1, 0.15) is 11.2 Å². The van der Waals surface area contributed by atoms with Crippen molar-refractivity contribution < 1.29 is 4.42 Å². The lowest BCUT2D eigenvalue weighted by Crippen LogP contribution is -2.47. The minimum atomic E-state index is -0.465. The highest BCUT2D eigenvalue weighted by atomic mass is 16.3. The summed E-state index contributed by atoms with van der Waals surface area (Å²) in [6.45, 7) is 6.63. The molecule has 0 bridgehead atoms. The van der Waals surface area contributed by atoms with Crippen molar-refractivity contribution >= 4 is 68.6 Å². The van der Waals surface area contributed by atoms with E-state index in [1.807, 2.05) is 0 Å². The third-order valence-corrected chi connectivity index (χ3v) is 14.0. The largest absolute Gasteiger partial charge is 0.456 e. The predicted molar refractivity (Wildman–Crippen MR) is 260 cm³/mol. The lowest BCUT2D eigenvalue weighted by molar-refractivity contribution is 0.669. The van der Waals surface area contributed by atoms with E-state index in [0.717, 1.165) is 46.2 Å². The number of benzene rings is 9. The third-order valence-electron chi connectivity index (χ3n) is 14.0. The van der Waals surface area contributed by atoms with Crippen LogP contribution in [0.2, 0.25) is 0 Å².